The summed E-state index contributed by atoms with van der Waals surface area (Å²) in [5, 5.41) is 0. The minimum atomic E-state index is -0.720. The lowest BCUT2D eigenvalue weighted by molar-refractivity contribution is -0.108. The Morgan fingerprint density at radius 3 is 2.38 bits per heavy atom. The third-order valence-corrected chi connectivity index (χ3v) is 1.76. The highest BCUT2D eigenvalue weighted by Crippen LogP contribution is 2.07. The monoisotopic (exact) mass is 174 g/mol. The fraction of sp³-hybridized carbons (Fsp3) is 0.0909. The lowest BCUT2D eigenvalue weighted by Crippen LogP contribution is -2.13. The Bertz CT molecular complexity index is 306. The zero-order chi connectivity index (χ0) is 9.68. The number of benzene rings is 1. The number of allylic oxidation sites excluding steroid dienone is 1. The van der Waals surface area contributed by atoms with Crippen molar-refractivity contribution in [2.75, 3.05) is 0 Å². The molecule has 0 saturated heterocycles. The number of aldehydes is 1. The molecule has 13 heavy (non-hydrogen) atoms. The number of hydrogen-bond donors (Lipinski definition) is 0. The SMILES string of the molecule is C=CC(C=O)C(=O)c1ccccc1. The van der Waals surface area contributed by atoms with Gasteiger partial charge in [0, 0.05) is 5.56 Å². The second-order valence-corrected chi connectivity index (χ2v) is 2.63. The molecule has 0 aliphatic heterocycles. The van der Waals surface area contributed by atoms with Gasteiger partial charge in [-0.15, -0.1) is 6.58 Å². The Kier molecular flexibility index (Phi) is 3.15. The molecule has 0 N–H and O–H groups in total. The van der Waals surface area contributed by atoms with E-state index in [1.807, 2.05) is 6.07 Å². The van der Waals surface area contributed by atoms with Crippen molar-refractivity contribution in [3.8, 4) is 0 Å². The van der Waals surface area contributed by atoms with Crippen LogP contribution in [0.15, 0.2) is 43.0 Å². The molecule has 0 saturated carbocycles. The maximum Gasteiger partial charge on any atom is 0.176 e. The van der Waals surface area contributed by atoms with Gasteiger partial charge in [-0.05, 0) is 0 Å². The Balaban J connectivity index is 2.90. The van der Waals surface area contributed by atoms with Crippen LogP contribution in [0.25, 0.3) is 0 Å². The maximum absolute atomic E-state index is 11.5. The van der Waals surface area contributed by atoms with Gasteiger partial charge >= 0.3 is 0 Å². The normalized spacial score (nSPS) is 11.7. The summed E-state index contributed by atoms with van der Waals surface area (Å²) >= 11 is 0. The smallest absolute Gasteiger partial charge is 0.176 e. The summed E-state index contributed by atoms with van der Waals surface area (Å²) in [6.45, 7) is 3.43. The van der Waals surface area contributed by atoms with Gasteiger partial charge in [-0.25, -0.2) is 0 Å². The zero-order valence-corrected chi connectivity index (χ0v) is 7.14. The molecule has 1 aromatic carbocycles. The number of hydrogen-bond acceptors (Lipinski definition) is 2. The third-order valence-electron chi connectivity index (χ3n) is 1.76. The van der Waals surface area contributed by atoms with Crippen molar-refractivity contribution in [3.05, 3.63) is 48.6 Å². The van der Waals surface area contributed by atoms with E-state index in [9.17, 15) is 9.59 Å². The molecule has 1 unspecified atom stereocenters. The molecule has 1 aromatic rings. The Hall–Kier alpha value is -1.70. The molecule has 0 radical (unpaired) electrons. The number of Topliss-reactive ketones (excluding diaryl/α,β-unsaturated/α-hetero) is 1. The van der Waals surface area contributed by atoms with Gasteiger partial charge < -0.3 is 4.79 Å². The van der Waals surface area contributed by atoms with E-state index in [0.717, 1.165) is 0 Å². The first-order chi connectivity index (χ1) is 6.29. The van der Waals surface area contributed by atoms with Crippen molar-refractivity contribution in [1.82, 2.24) is 0 Å². The van der Waals surface area contributed by atoms with Crippen LogP contribution in [0.5, 0.6) is 0 Å². The van der Waals surface area contributed by atoms with Crippen LogP contribution in [0, 0.1) is 5.92 Å². The van der Waals surface area contributed by atoms with Crippen LogP contribution < -0.4 is 0 Å². The van der Waals surface area contributed by atoms with Gasteiger partial charge in [0.1, 0.15) is 6.29 Å². The number of rotatable bonds is 4. The van der Waals surface area contributed by atoms with Crippen molar-refractivity contribution in [3.63, 3.8) is 0 Å². The van der Waals surface area contributed by atoms with Crippen LogP contribution in [0.3, 0.4) is 0 Å². The molecule has 0 aliphatic carbocycles. The third kappa shape index (κ3) is 2.12. The molecule has 0 aromatic heterocycles. The molecule has 2 heteroatoms. The predicted molar refractivity (Wildman–Crippen MR) is 50.5 cm³/mol. The molecule has 66 valence electrons. The molecule has 1 rings (SSSR count). The van der Waals surface area contributed by atoms with Crippen LogP contribution in [0.4, 0.5) is 0 Å². The van der Waals surface area contributed by atoms with Crippen LogP contribution in [-0.2, 0) is 4.79 Å². The van der Waals surface area contributed by atoms with Crippen molar-refractivity contribution in [1.29, 1.82) is 0 Å². The summed E-state index contributed by atoms with van der Waals surface area (Å²) < 4.78 is 0. The summed E-state index contributed by atoms with van der Waals surface area (Å²) in [6.07, 6.45) is 1.95. The van der Waals surface area contributed by atoms with Crippen molar-refractivity contribution in [2.45, 2.75) is 0 Å². The van der Waals surface area contributed by atoms with Gasteiger partial charge in [0.25, 0.3) is 0 Å². The molecule has 2 nitrogen and oxygen atoms in total. The fourth-order valence-corrected chi connectivity index (χ4v) is 1.02. The van der Waals surface area contributed by atoms with E-state index in [1.54, 1.807) is 24.3 Å². The Labute approximate surface area is 76.9 Å². The van der Waals surface area contributed by atoms with Gasteiger partial charge in [0.2, 0.25) is 0 Å². The average Bonchev–Trinajstić information content (AvgIpc) is 2.21. The quantitative estimate of drug-likeness (QED) is 0.302. The minimum Gasteiger partial charge on any atom is -0.302 e. The molecule has 1 atom stereocenters. The van der Waals surface area contributed by atoms with Gasteiger partial charge in [-0.2, -0.15) is 0 Å². The van der Waals surface area contributed by atoms with E-state index >= 15 is 0 Å². The number of carbonyl (C=O) groups excluding carboxylic acids is 2. The van der Waals surface area contributed by atoms with E-state index in [-0.39, 0.29) is 5.78 Å². The van der Waals surface area contributed by atoms with E-state index in [1.165, 1.54) is 6.08 Å². The van der Waals surface area contributed by atoms with Crippen LogP contribution >= 0.6 is 0 Å². The minimum absolute atomic E-state index is 0.203. The van der Waals surface area contributed by atoms with E-state index in [2.05, 4.69) is 6.58 Å². The lowest BCUT2D eigenvalue weighted by Gasteiger charge is -2.02. The summed E-state index contributed by atoms with van der Waals surface area (Å²) in [6, 6.07) is 8.71. The highest BCUT2D eigenvalue weighted by Gasteiger charge is 2.14. The summed E-state index contributed by atoms with van der Waals surface area (Å²) in [5.74, 6) is -0.923. The first-order valence-corrected chi connectivity index (χ1v) is 3.96. The van der Waals surface area contributed by atoms with Crippen molar-refractivity contribution in [2.24, 2.45) is 5.92 Å². The maximum atomic E-state index is 11.5. The fourth-order valence-electron chi connectivity index (χ4n) is 1.02. The van der Waals surface area contributed by atoms with Gasteiger partial charge in [-0.1, -0.05) is 36.4 Å². The topological polar surface area (TPSA) is 34.1 Å². The second kappa shape index (κ2) is 4.36. The molecular formula is C11H10O2. The Morgan fingerprint density at radius 2 is 1.92 bits per heavy atom. The van der Waals surface area contributed by atoms with Crippen LogP contribution in [-0.4, -0.2) is 12.1 Å². The summed E-state index contributed by atoms with van der Waals surface area (Å²) in [7, 11) is 0. The highest BCUT2D eigenvalue weighted by atomic mass is 16.1. The van der Waals surface area contributed by atoms with Crippen molar-refractivity contribution >= 4 is 12.1 Å². The van der Waals surface area contributed by atoms with Crippen LogP contribution in [0.1, 0.15) is 10.4 Å². The molecule has 0 aliphatic rings. The summed E-state index contributed by atoms with van der Waals surface area (Å²) in [5.41, 5.74) is 0.541. The molecule has 0 amide bonds. The number of ketones is 1. The Morgan fingerprint density at radius 1 is 1.31 bits per heavy atom. The molecular weight excluding hydrogens is 164 g/mol. The molecule has 0 fully saturated rings. The molecule has 0 spiro atoms. The number of carbonyl (C=O) groups is 2. The first-order valence-electron chi connectivity index (χ1n) is 3.96. The zero-order valence-electron chi connectivity index (χ0n) is 7.14. The largest absolute Gasteiger partial charge is 0.302 e. The van der Waals surface area contributed by atoms with Crippen molar-refractivity contribution < 1.29 is 9.59 Å². The molecule has 0 heterocycles. The average molecular weight is 174 g/mol. The second-order valence-electron chi connectivity index (χ2n) is 2.63. The van der Waals surface area contributed by atoms with E-state index in [4.69, 9.17) is 0 Å². The van der Waals surface area contributed by atoms with Gasteiger partial charge in [-0.3, -0.25) is 4.79 Å². The predicted octanol–water partition coefficient (Wildman–Crippen LogP) is 1.87. The van der Waals surface area contributed by atoms with Gasteiger partial charge in [0.05, 0.1) is 5.92 Å². The summed E-state index contributed by atoms with van der Waals surface area (Å²) in [4.78, 5) is 22.0. The van der Waals surface area contributed by atoms with Crippen LogP contribution in [0.2, 0.25) is 0 Å². The lowest BCUT2D eigenvalue weighted by atomic mass is 9.99. The van der Waals surface area contributed by atoms with E-state index < -0.39 is 5.92 Å². The highest BCUT2D eigenvalue weighted by molar-refractivity contribution is 6.06. The van der Waals surface area contributed by atoms with E-state index in [0.29, 0.717) is 11.8 Å². The van der Waals surface area contributed by atoms with Gasteiger partial charge in [0.15, 0.2) is 5.78 Å². The standard InChI is InChI=1S/C11H10O2/c1-2-9(8-12)11(13)10-6-4-3-5-7-10/h2-9H,1H2. The first kappa shape index (κ1) is 9.39. The molecule has 0 bridgehead atoms.